The van der Waals surface area contributed by atoms with Crippen molar-refractivity contribution in [3.63, 3.8) is 0 Å². The molecule has 0 amide bonds. The Balaban J connectivity index is 1.93. The predicted molar refractivity (Wildman–Crippen MR) is 67.7 cm³/mol. The number of aromatic nitrogens is 1. The molecule has 0 aliphatic carbocycles. The first-order valence-corrected chi connectivity index (χ1v) is 5.73. The maximum Gasteiger partial charge on any atom is 0.141 e. The highest BCUT2D eigenvalue weighted by Crippen LogP contribution is 2.14. The molecule has 0 aliphatic rings. The Bertz CT molecular complexity index is 499. The molecule has 3 nitrogen and oxygen atoms in total. The van der Waals surface area contributed by atoms with Crippen LogP contribution in [0.1, 0.15) is 11.1 Å². The van der Waals surface area contributed by atoms with Gasteiger partial charge in [-0.2, -0.15) is 0 Å². The van der Waals surface area contributed by atoms with Gasteiger partial charge in [-0.05, 0) is 30.8 Å². The van der Waals surface area contributed by atoms with E-state index in [1.807, 2.05) is 31.3 Å². The van der Waals surface area contributed by atoms with Crippen molar-refractivity contribution >= 4 is 0 Å². The quantitative estimate of drug-likeness (QED) is 0.880. The Kier molecular flexibility index (Phi) is 4.25. The number of halogens is 1. The van der Waals surface area contributed by atoms with Crippen LogP contribution in [0.5, 0.6) is 5.75 Å². The van der Waals surface area contributed by atoms with Gasteiger partial charge in [-0.1, -0.05) is 12.1 Å². The highest BCUT2D eigenvalue weighted by Gasteiger charge is 1.99. The first-order valence-electron chi connectivity index (χ1n) is 5.73. The smallest absolute Gasteiger partial charge is 0.141 e. The molecule has 0 saturated carbocycles. The third-order valence-corrected chi connectivity index (χ3v) is 2.47. The third-order valence-electron chi connectivity index (χ3n) is 2.47. The van der Waals surface area contributed by atoms with Crippen LogP contribution in [-0.2, 0) is 13.2 Å². The lowest BCUT2D eigenvalue weighted by Gasteiger charge is -2.07. The average Bonchev–Trinajstić information content (AvgIpc) is 2.38. The SMILES string of the molecule is CNCc1ccc(OCc2cncc(F)c2)cc1. The Morgan fingerprint density at radius 3 is 2.61 bits per heavy atom. The van der Waals surface area contributed by atoms with Gasteiger partial charge in [-0.3, -0.25) is 4.98 Å². The van der Waals surface area contributed by atoms with E-state index in [1.54, 1.807) is 6.20 Å². The summed E-state index contributed by atoms with van der Waals surface area (Å²) in [5, 5.41) is 3.08. The van der Waals surface area contributed by atoms with Gasteiger partial charge in [0, 0.05) is 18.3 Å². The Hall–Kier alpha value is -1.94. The molecule has 94 valence electrons. The molecule has 0 radical (unpaired) electrons. The molecule has 1 aromatic carbocycles. The number of hydrogen-bond donors (Lipinski definition) is 1. The normalized spacial score (nSPS) is 10.3. The van der Waals surface area contributed by atoms with Gasteiger partial charge in [-0.15, -0.1) is 0 Å². The molecule has 0 aliphatic heterocycles. The number of nitrogens with one attached hydrogen (secondary N) is 1. The number of rotatable bonds is 5. The lowest BCUT2D eigenvalue weighted by atomic mass is 10.2. The zero-order valence-electron chi connectivity index (χ0n) is 10.2. The van der Waals surface area contributed by atoms with Crippen molar-refractivity contribution in [2.75, 3.05) is 7.05 Å². The minimum Gasteiger partial charge on any atom is -0.489 e. The van der Waals surface area contributed by atoms with E-state index in [4.69, 9.17) is 4.74 Å². The molecule has 2 aromatic rings. The predicted octanol–water partition coefficient (Wildman–Crippen LogP) is 2.52. The summed E-state index contributed by atoms with van der Waals surface area (Å²) in [5.74, 6) is 0.416. The van der Waals surface area contributed by atoms with Gasteiger partial charge in [0.25, 0.3) is 0 Å². The minimum atomic E-state index is -0.347. The molecule has 18 heavy (non-hydrogen) atoms. The molecule has 1 heterocycles. The van der Waals surface area contributed by atoms with Crippen LogP contribution in [0.3, 0.4) is 0 Å². The third kappa shape index (κ3) is 3.53. The van der Waals surface area contributed by atoms with Gasteiger partial charge in [0.2, 0.25) is 0 Å². The maximum atomic E-state index is 12.9. The van der Waals surface area contributed by atoms with Gasteiger partial charge >= 0.3 is 0 Å². The summed E-state index contributed by atoms with van der Waals surface area (Å²) in [5.41, 5.74) is 1.91. The van der Waals surface area contributed by atoms with E-state index in [0.717, 1.165) is 12.3 Å². The molecule has 0 bridgehead atoms. The van der Waals surface area contributed by atoms with E-state index in [0.29, 0.717) is 12.2 Å². The van der Waals surface area contributed by atoms with Crippen molar-refractivity contribution < 1.29 is 9.13 Å². The van der Waals surface area contributed by atoms with Crippen molar-refractivity contribution in [3.05, 3.63) is 59.7 Å². The molecule has 2 rings (SSSR count). The fraction of sp³-hybridized carbons (Fsp3) is 0.214. The fourth-order valence-corrected chi connectivity index (χ4v) is 1.61. The van der Waals surface area contributed by atoms with Crippen LogP contribution in [0, 0.1) is 5.82 Å². The van der Waals surface area contributed by atoms with E-state index in [9.17, 15) is 4.39 Å². The molecule has 0 saturated heterocycles. The van der Waals surface area contributed by atoms with Crippen molar-refractivity contribution in [2.24, 2.45) is 0 Å². The molecule has 1 aromatic heterocycles. The van der Waals surface area contributed by atoms with E-state index >= 15 is 0 Å². The first-order chi connectivity index (χ1) is 8.78. The number of ether oxygens (including phenoxy) is 1. The number of hydrogen-bond acceptors (Lipinski definition) is 3. The fourth-order valence-electron chi connectivity index (χ4n) is 1.61. The minimum absolute atomic E-state index is 0.316. The highest BCUT2D eigenvalue weighted by atomic mass is 19.1. The van der Waals surface area contributed by atoms with Crippen LogP contribution in [0.15, 0.2) is 42.7 Å². The Labute approximate surface area is 106 Å². The highest BCUT2D eigenvalue weighted by molar-refractivity contribution is 5.27. The number of pyridine rings is 1. The molecule has 0 unspecified atom stereocenters. The second kappa shape index (κ2) is 6.12. The molecule has 0 spiro atoms. The topological polar surface area (TPSA) is 34.1 Å². The van der Waals surface area contributed by atoms with Gasteiger partial charge in [0.1, 0.15) is 18.2 Å². The number of benzene rings is 1. The summed E-state index contributed by atoms with van der Waals surface area (Å²) in [4.78, 5) is 3.77. The lowest BCUT2D eigenvalue weighted by molar-refractivity contribution is 0.305. The molecule has 4 heteroatoms. The van der Waals surface area contributed by atoms with Crippen LogP contribution in [0.2, 0.25) is 0 Å². The summed E-state index contributed by atoms with van der Waals surface area (Å²) in [6.45, 7) is 1.14. The lowest BCUT2D eigenvalue weighted by Crippen LogP contribution is -2.04. The van der Waals surface area contributed by atoms with E-state index in [1.165, 1.54) is 17.8 Å². The Morgan fingerprint density at radius 2 is 1.94 bits per heavy atom. The molecule has 1 N–H and O–H groups in total. The zero-order chi connectivity index (χ0) is 12.8. The van der Waals surface area contributed by atoms with Crippen LogP contribution < -0.4 is 10.1 Å². The van der Waals surface area contributed by atoms with Crippen LogP contribution >= 0.6 is 0 Å². The maximum absolute atomic E-state index is 12.9. The number of nitrogens with zero attached hydrogens (tertiary/aromatic N) is 1. The second-order valence-corrected chi connectivity index (χ2v) is 3.97. The average molecular weight is 246 g/mol. The van der Waals surface area contributed by atoms with Crippen LogP contribution in [0.25, 0.3) is 0 Å². The monoisotopic (exact) mass is 246 g/mol. The second-order valence-electron chi connectivity index (χ2n) is 3.97. The van der Waals surface area contributed by atoms with Crippen molar-refractivity contribution in [2.45, 2.75) is 13.2 Å². The van der Waals surface area contributed by atoms with Crippen LogP contribution in [-0.4, -0.2) is 12.0 Å². The van der Waals surface area contributed by atoms with Crippen molar-refractivity contribution in [3.8, 4) is 5.75 Å². The molecule has 0 fully saturated rings. The summed E-state index contributed by atoms with van der Waals surface area (Å²) >= 11 is 0. The van der Waals surface area contributed by atoms with Gasteiger partial charge in [-0.25, -0.2) is 4.39 Å². The standard InChI is InChI=1S/C14H15FN2O/c1-16-7-11-2-4-14(5-3-11)18-10-12-6-13(15)9-17-8-12/h2-6,8-9,16H,7,10H2,1H3. The van der Waals surface area contributed by atoms with E-state index in [2.05, 4.69) is 10.3 Å². The first kappa shape index (κ1) is 12.5. The summed E-state index contributed by atoms with van der Waals surface area (Å²) < 4.78 is 18.5. The summed E-state index contributed by atoms with van der Waals surface area (Å²) in [6.07, 6.45) is 2.77. The van der Waals surface area contributed by atoms with Crippen LogP contribution in [0.4, 0.5) is 4.39 Å². The van der Waals surface area contributed by atoms with Crippen molar-refractivity contribution in [1.29, 1.82) is 0 Å². The van der Waals surface area contributed by atoms with E-state index in [-0.39, 0.29) is 5.82 Å². The van der Waals surface area contributed by atoms with Gasteiger partial charge in [0.15, 0.2) is 0 Å². The van der Waals surface area contributed by atoms with Gasteiger partial charge in [0.05, 0.1) is 6.20 Å². The molecular formula is C14H15FN2O. The Morgan fingerprint density at radius 1 is 1.17 bits per heavy atom. The summed E-state index contributed by atoms with van der Waals surface area (Å²) in [7, 11) is 1.90. The van der Waals surface area contributed by atoms with Gasteiger partial charge < -0.3 is 10.1 Å². The van der Waals surface area contributed by atoms with Crippen molar-refractivity contribution in [1.82, 2.24) is 10.3 Å². The molecular weight excluding hydrogens is 231 g/mol. The van der Waals surface area contributed by atoms with E-state index < -0.39 is 0 Å². The largest absolute Gasteiger partial charge is 0.489 e. The zero-order valence-corrected chi connectivity index (χ0v) is 10.2. The molecule has 0 atom stereocenters. The summed E-state index contributed by atoms with van der Waals surface area (Å²) in [6, 6.07) is 9.21.